The Morgan fingerprint density at radius 2 is 2.03 bits per heavy atom. The second-order valence-electron chi connectivity index (χ2n) is 9.74. The maximum absolute atomic E-state index is 15.5. The number of nitriles is 1. The molecule has 1 aromatic carbocycles. The van der Waals surface area contributed by atoms with Crippen LogP contribution < -0.4 is 0 Å². The lowest BCUT2D eigenvalue weighted by atomic mass is 9.54. The third kappa shape index (κ3) is 4.14. The van der Waals surface area contributed by atoms with Gasteiger partial charge in [-0.2, -0.15) is 5.26 Å². The highest BCUT2D eigenvalue weighted by Crippen LogP contribution is 2.63. The second-order valence-corrected chi connectivity index (χ2v) is 10.7. The molecule has 2 aliphatic rings. The Balaban J connectivity index is 1.50. The van der Waals surface area contributed by atoms with Gasteiger partial charge in [0.2, 0.25) is 0 Å². The molecule has 0 amide bonds. The Kier molecular flexibility index (Phi) is 6.42. The van der Waals surface area contributed by atoms with Crippen molar-refractivity contribution in [3.63, 3.8) is 0 Å². The van der Waals surface area contributed by atoms with Gasteiger partial charge in [-0.05, 0) is 31.1 Å². The van der Waals surface area contributed by atoms with Crippen molar-refractivity contribution in [2.75, 3.05) is 0 Å². The van der Waals surface area contributed by atoms with Crippen LogP contribution >= 0.6 is 11.3 Å². The van der Waals surface area contributed by atoms with Crippen molar-refractivity contribution in [3.05, 3.63) is 76.5 Å². The number of rotatable bonds is 5. The van der Waals surface area contributed by atoms with Crippen molar-refractivity contribution >= 4 is 23.4 Å². The Bertz CT molecular complexity index is 1370. The number of aliphatic hydroxyl groups is 1. The Hall–Kier alpha value is -3.48. The quantitative estimate of drug-likeness (QED) is 0.435. The molecule has 6 atom stereocenters. The summed E-state index contributed by atoms with van der Waals surface area (Å²) in [7, 11) is 0. The number of esters is 1. The molecule has 3 heterocycles. The van der Waals surface area contributed by atoms with E-state index in [2.05, 4.69) is 16.0 Å². The zero-order valence-electron chi connectivity index (χ0n) is 20.2. The molecule has 9 heteroatoms. The number of aliphatic hydroxyl groups excluding tert-OH is 1. The van der Waals surface area contributed by atoms with Gasteiger partial charge in [0.15, 0.2) is 0 Å². The maximum Gasteiger partial charge on any atom is 0.316 e. The minimum Gasteiger partial charge on any atom is -0.462 e. The predicted octanol–water partition coefficient (Wildman–Crippen LogP) is 5.66. The number of allylic oxidation sites excluding steroid dienone is 1. The van der Waals surface area contributed by atoms with Crippen LogP contribution in [0.3, 0.4) is 0 Å². The molecule has 2 aromatic heterocycles. The SMILES string of the molecule is C[C@H]1OC(=O)[C@]2(C(O)c3nccs3)CC(F)(F)[C@@H](C)[C@H](/C=C/c3ccc(-c4ccccc4C#N)cn3)[C@H]12. The summed E-state index contributed by atoms with van der Waals surface area (Å²) < 4.78 is 36.4. The van der Waals surface area contributed by atoms with E-state index in [9.17, 15) is 15.2 Å². The summed E-state index contributed by atoms with van der Waals surface area (Å²) in [6.45, 7) is 3.16. The fourth-order valence-corrected chi connectivity index (χ4v) is 6.59. The number of carbonyl (C=O) groups excluding carboxylic acids is 1. The lowest BCUT2D eigenvalue weighted by molar-refractivity contribution is -0.192. The van der Waals surface area contributed by atoms with Gasteiger partial charge in [-0.15, -0.1) is 11.3 Å². The van der Waals surface area contributed by atoms with Gasteiger partial charge in [-0.25, -0.2) is 13.8 Å². The Morgan fingerprint density at radius 3 is 2.70 bits per heavy atom. The minimum atomic E-state index is -3.22. The van der Waals surface area contributed by atoms with E-state index >= 15 is 8.78 Å². The van der Waals surface area contributed by atoms with Crippen molar-refractivity contribution in [1.82, 2.24) is 9.97 Å². The van der Waals surface area contributed by atoms with E-state index in [0.29, 0.717) is 11.3 Å². The van der Waals surface area contributed by atoms with E-state index in [-0.39, 0.29) is 5.01 Å². The van der Waals surface area contributed by atoms with Crippen LogP contribution in [0.5, 0.6) is 0 Å². The molecule has 0 bridgehead atoms. The number of cyclic esters (lactones) is 1. The molecule has 3 aromatic rings. The van der Waals surface area contributed by atoms with Crippen LogP contribution in [-0.4, -0.2) is 33.1 Å². The van der Waals surface area contributed by atoms with Crippen LogP contribution in [-0.2, 0) is 9.53 Å². The number of pyridine rings is 1. The summed E-state index contributed by atoms with van der Waals surface area (Å²) in [4.78, 5) is 21.7. The van der Waals surface area contributed by atoms with Crippen LogP contribution in [0.4, 0.5) is 8.78 Å². The average molecular weight is 522 g/mol. The van der Waals surface area contributed by atoms with Crippen LogP contribution in [0.1, 0.15) is 42.6 Å². The third-order valence-electron chi connectivity index (χ3n) is 7.77. The monoisotopic (exact) mass is 521 g/mol. The molecule has 190 valence electrons. The summed E-state index contributed by atoms with van der Waals surface area (Å²) in [5, 5.41) is 22.5. The smallest absolute Gasteiger partial charge is 0.316 e. The van der Waals surface area contributed by atoms with Crippen LogP contribution in [0, 0.1) is 34.5 Å². The number of nitrogens with zero attached hydrogens (tertiary/aromatic N) is 3. The van der Waals surface area contributed by atoms with Gasteiger partial charge in [-0.3, -0.25) is 9.78 Å². The molecule has 1 saturated heterocycles. The van der Waals surface area contributed by atoms with E-state index in [1.54, 1.807) is 48.9 Å². The highest BCUT2D eigenvalue weighted by atomic mass is 32.1. The van der Waals surface area contributed by atoms with Gasteiger partial charge >= 0.3 is 5.97 Å². The second kappa shape index (κ2) is 9.43. The fraction of sp³-hybridized carbons (Fsp3) is 0.357. The normalized spacial score (nSPS) is 29.5. The number of alkyl halides is 2. The first kappa shape index (κ1) is 25.2. The average Bonchev–Trinajstić information content (AvgIpc) is 3.51. The number of ether oxygens (including phenoxy) is 1. The van der Waals surface area contributed by atoms with Crippen LogP contribution in [0.2, 0.25) is 0 Å². The van der Waals surface area contributed by atoms with E-state index in [4.69, 9.17) is 4.74 Å². The fourth-order valence-electron chi connectivity index (χ4n) is 5.87. The zero-order valence-corrected chi connectivity index (χ0v) is 21.0. The third-order valence-corrected chi connectivity index (χ3v) is 8.60. The topological polar surface area (TPSA) is 96.1 Å². The van der Waals surface area contributed by atoms with E-state index in [0.717, 1.165) is 22.5 Å². The largest absolute Gasteiger partial charge is 0.462 e. The standard InChI is InChI=1S/C28H25F2N3O3S/c1-16-21(10-9-20-8-7-19(14-33-20)22-6-4-3-5-18(22)13-31)23-17(2)36-26(35)27(23,15-28(16,29)30)24(34)25-32-11-12-37-25/h3-12,14,16-17,21,23-24,34H,15H2,1-2H3/b10-9+/t16-,17+,21-,23-,24?,27+/m0/s1. The molecule has 2 fully saturated rings. The Labute approximate surface area is 217 Å². The first-order valence-corrected chi connectivity index (χ1v) is 12.9. The molecular weight excluding hydrogens is 496 g/mol. The highest BCUT2D eigenvalue weighted by Gasteiger charge is 2.71. The minimum absolute atomic E-state index is 0.221. The zero-order chi connectivity index (χ0) is 26.4. The molecular formula is C28H25F2N3O3S. The van der Waals surface area contributed by atoms with Gasteiger partial charge in [0.05, 0.1) is 17.3 Å². The van der Waals surface area contributed by atoms with Crippen molar-refractivity contribution in [2.24, 2.45) is 23.2 Å². The van der Waals surface area contributed by atoms with Crippen molar-refractivity contribution in [2.45, 2.75) is 38.4 Å². The van der Waals surface area contributed by atoms with Crippen molar-refractivity contribution in [3.8, 4) is 17.2 Å². The summed E-state index contributed by atoms with van der Waals surface area (Å²) in [5.74, 6) is -6.56. The van der Waals surface area contributed by atoms with Crippen molar-refractivity contribution < 1.29 is 23.4 Å². The molecule has 0 spiro atoms. The van der Waals surface area contributed by atoms with E-state index in [1.807, 2.05) is 18.2 Å². The molecule has 1 aliphatic heterocycles. The molecule has 1 saturated carbocycles. The number of hydrogen-bond acceptors (Lipinski definition) is 7. The summed E-state index contributed by atoms with van der Waals surface area (Å²) in [6, 6.07) is 12.9. The number of hydrogen-bond donors (Lipinski definition) is 1. The molecule has 0 radical (unpaired) electrons. The predicted molar refractivity (Wildman–Crippen MR) is 134 cm³/mol. The van der Waals surface area contributed by atoms with Crippen molar-refractivity contribution in [1.29, 1.82) is 5.26 Å². The first-order valence-electron chi connectivity index (χ1n) is 12.0. The number of carbonyl (C=O) groups is 1. The molecule has 37 heavy (non-hydrogen) atoms. The van der Waals surface area contributed by atoms with Gasteiger partial charge in [0.25, 0.3) is 5.92 Å². The molecule has 5 rings (SSSR count). The number of benzene rings is 1. The van der Waals surface area contributed by atoms with Crippen LogP contribution in [0.25, 0.3) is 17.2 Å². The summed E-state index contributed by atoms with van der Waals surface area (Å²) in [5.41, 5.74) is 0.788. The van der Waals surface area contributed by atoms with E-state index in [1.165, 1.54) is 13.1 Å². The lowest BCUT2D eigenvalue weighted by Crippen LogP contribution is -2.56. The van der Waals surface area contributed by atoms with Gasteiger partial charge < -0.3 is 9.84 Å². The summed E-state index contributed by atoms with van der Waals surface area (Å²) in [6.07, 6.45) is 3.48. The molecule has 1 unspecified atom stereocenters. The summed E-state index contributed by atoms with van der Waals surface area (Å²) >= 11 is 1.12. The number of aromatic nitrogens is 2. The Morgan fingerprint density at radius 1 is 1.24 bits per heavy atom. The maximum atomic E-state index is 15.5. The van der Waals surface area contributed by atoms with E-state index < -0.39 is 53.7 Å². The highest BCUT2D eigenvalue weighted by molar-refractivity contribution is 7.09. The van der Waals surface area contributed by atoms with Crippen LogP contribution in [0.15, 0.2) is 60.2 Å². The number of thiazole rings is 1. The van der Waals surface area contributed by atoms with Gasteiger partial charge in [0.1, 0.15) is 22.6 Å². The molecule has 6 nitrogen and oxygen atoms in total. The molecule has 1 aliphatic carbocycles. The van der Waals surface area contributed by atoms with Gasteiger partial charge in [0, 0.05) is 47.2 Å². The lowest BCUT2D eigenvalue weighted by Gasteiger charge is -2.49. The number of fused-ring (bicyclic) bond motifs is 1. The number of halogens is 2. The first-order chi connectivity index (χ1) is 17.7. The molecule has 1 N–H and O–H groups in total. The van der Waals surface area contributed by atoms with Gasteiger partial charge in [-0.1, -0.05) is 37.3 Å².